The molecule has 2 unspecified atom stereocenters. The summed E-state index contributed by atoms with van der Waals surface area (Å²) in [6.45, 7) is 0. The Bertz CT molecular complexity index is 575. The summed E-state index contributed by atoms with van der Waals surface area (Å²) >= 11 is 5.37. The van der Waals surface area contributed by atoms with E-state index in [9.17, 15) is 0 Å². The molecule has 4 nitrogen and oxygen atoms in total. The van der Waals surface area contributed by atoms with Crippen molar-refractivity contribution < 1.29 is 4.52 Å². The maximum Gasteiger partial charge on any atom is 0.232 e. The second-order valence-corrected chi connectivity index (χ2v) is 6.50. The molecule has 3 rings (SSSR count). The van der Waals surface area contributed by atoms with Gasteiger partial charge in [-0.05, 0) is 19.2 Å². The fraction of sp³-hybridized carbons (Fsp3) is 0.385. The van der Waals surface area contributed by atoms with Crippen LogP contribution in [0.2, 0.25) is 0 Å². The van der Waals surface area contributed by atoms with E-state index in [1.807, 2.05) is 43.1 Å². The summed E-state index contributed by atoms with van der Waals surface area (Å²) in [4.78, 5) is 4.55. The molecule has 1 aliphatic rings. The van der Waals surface area contributed by atoms with Crippen LogP contribution in [0.25, 0.3) is 11.4 Å². The van der Waals surface area contributed by atoms with Gasteiger partial charge < -0.3 is 9.84 Å². The topological polar surface area (TPSA) is 51.0 Å². The number of benzene rings is 1. The molecule has 19 heavy (non-hydrogen) atoms. The number of nitrogens with one attached hydrogen (secondary N) is 1. The highest BCUT2D eigenvalue weighted by Crippen LogP contribution is 2.32. The number of nitrogens with zero attached hydrogens (tertiary/aromatic N) is 2. The zero-order chi connectivity index (χ0) is 13.2. The molecule has 0 amide bonds. The first-order valence-electron chi connectivity index (χ1n) is 6.12. The zero-order valence-corrected chi connectivity index (χ0v) is 12.9. The smallest absolute Gasteiger partial charge is 0.232 e. The normalized spacial score (nSPS) is 22.8. The van der Waals surface area contributed by atoms with Crippen LogP contribution in [0.1, 0.15) is 11.8 Å². The molecule has 100 valence electrons. The van der Waals surface area contributed by atoms with E-state index >= 15 is 0 Å². The maximum absolute atomic E-state index is 5.45. The minimum Gasteiger partial charge on any atom is -0.339 e. The molecule has 2 heterocycles. The summed E-state index contributed by atoms with van der Waals surface area (Å²) in [5, 5.41) is 7.41. The number of rotatable bonds is 3. The van der Waals surface area contributed by atoms with Crippen molar-refractivity contribution in [2.45, 2.75) is 12.0 Å². The molecule has 0 aliphatic carbocycles. The highest BCUT2D eigenvalue weighted by atomic mass is 79.9. The highest BCUT2D eigenvalue weighted by Gasteiger charge is 2.32. The molecule has 1 aliphatic heterocycles. The Balaban J connectivity index is 1.87. The maximum atomic E-state index is 5.45. The lowest BCUT2D eigenvalue weighted by Gasteiger charge is -2.13. The summed E-state index contributed by atoms with van der Waals surface area (Å²) in [6.07, 6.45) is 0. The molecule has 2 aromatic rings. The monoisotopic (exact) mass is 339 g/mol. The van der Waals surface area contributed by atoms with Gasteiger partial charge in [0.1, 0.15) is 0 Å². The van der Waals surface area contributed by atoms with E-state index in [4.69, 9.17) is 4.52 Å². The quantitative estimate of drug-likeness (QED) is 0.931. The second-order valence-electron chi connectivity index (χ2n) is 4.51. The first-order chi connectivity index (χ1) is 9.28. The number of aromatic nitrogens is 2. The summed E-state index contributed by atoms with van der Waals surface area (Å²) in [6, 6.07) is 8.35. The Kier molecular flexibility index (Phi) is 3.91. The molecule has 1 aromatic heterocycles. The van der Waals surface area contributed by atoms with Gasteiger partial charge in [-0.1, -0.05) is 33.2 Å². The van der Waals surface area contributed by atoms with Crippen LogP contribution in [0.4, 0.5) is 0 Å². The van der Waals surface area contributed by atoms with Crippen LogP contribution in [0.5, 0.6) is 0 Å². The molecule has 0 saturated carbocycles. The minimum atomic E-state index is 0.309. The number of thioether (sulfide) groups is 1. The number of hydrogen-bond acceptors (Lipinski definition) is 5. The molecule has 1 fully saturated rings. The molecule has 0 radical (unpaired) electrons. The van der Waals surface area contributed by atoms with Crippen molar-refractivity contribution in [1.29, 1.82) is 0 Å². The Morgan fingerprint density at radius 3 is 3.11 bits per heavy atom. The fourth-order valence-electron chi connectivity index (χ4n) is 2.21. The summed E-state index contributed by atoms with van der Waals surface area (Å²) in [5.41, 5.74) is 0.969. The van der Waals surface area contributed by atoms with Crippen LogP contribution >= 0.6 is 27.7 Å². The van der Waals surface area contributed by atoms with Gasteiger partial charge in [0.25, 0.3) is 0 Å². The van der Waals surface area contributed by atoms with Crippen molar-refractivity contribution in [3.05, 3.63) is 34.6 Å². The Morgan fingerprint density at radius 2 is 2.32 bits per heavy atom. The van der Waals surface area contributed by atoms with Gasteiger partial charge in [0, 0.05) is 27.6 Å². The van der Waals surface area contributed by atoms with E-state index in [2.05, 4.69) is 31.4 Å². The van der Waals surface area contributed by atoms with Gasteiger partial charge in [0.2, 0.25) is 11.7 Å². The lowest BCUT2D eigenvalue weighted by atomic mass is 10.0. The van der Waals surface area contributed by atoms with Gasteiger partial charge >= 0.3 is 0 Å². The SMILES string of the molecule is CNC1CSCC1c1nc(-c2cccc(Br)c2)no1. The average molecular weight is 340 g/mol. The predicted octanol–water partition coefficient (Wildman–Crippen LogP) is 2.92. The fourth-order valence-corrected chi connectivity index (χ4v) is 4.03. The van der Waals surface area contributed by atoms with Crippen molar-refractivity contribution in [1.82, 2.24) is 15.5 Å². The van der Waals surface area contributed by atoms with E-state index in [0.29, 0.717) is 17.8 Å². The van der Waals surface area contributed by atoms with Gasteiger partial charge in [-0.2, -0.15) is 16.7 Å². The highest BCUT2D eigenvalue weighted by molar-refractivity contribution is 9.10. The largest absolute Gasteiger partial charge is 0.339 e. The van der Waals surface area contributed by atoms with Crippen LogP contribution in [0, 0.1) is 0 Å². The Labute approximate surface area is 124 Å². The lowest BCUT2D eigenvalue weighted by Crippen LogP contribution is -2.31. The molecular weight excluding hydrogens is 326 g/mol. The van der Waals surface area contributed by atoms with Crippen molar-refractivity contribution in [2.24, 2.45) is 0 Å². The second kappa shape index (κ2) is 5.64. The van der Waals surface area contributed by atoms with Crippen LogP contribution in [0.15, 0.2) is 33.3 Å². The van der Waals surface area contributed by atoms with Gasteiger partial charge in [0.05, 0.1) is 5.92 Å². The average Bonchev–Trinajstić information content (AvgIpc) is 3.07. The van der Waals surface area contributed by atoms with Gasteiger partial charge in [0.15, 0.2) is 0 Å². The molecule has 1 saturated heterocycles. The van der Waals surface area contributed by atoms with Crippen LogP contribution < -0.4 is 5.32 Å². The van der Waals surface area contributed by atoms with Gasteiger partial charge in [-0.25, -0.2) is 0 Å². The molecule has 0 bridgehead atoms. The lowest BCUT2D eigenvalue weighted by molar-refractivity contribution is 0.344. The Morgan fingerprint density at radius 1 is 1.42 bits per heavy atom. The summed E-state index contributed by atoms with van der Waals surface area (Å²) < 4.78 is 6.46. The first-order valence-corrected chi connectivity index (χ1v) is 8.07. The Hall–Kier alpha value is -0.850. The predicted molar refractivity (Wildman–Crippen MR) is 80.3 cm³/mol. The van der Waals surface area contributed by atoms with Crippen molar-refractivity contribution in [3.63, 3.8) is 0 Å². The third-order valence-electron chi connectivity index (χ3n) is 3.29. The third kappa shape index (κ3) is 2.70. The molecule has 0 spiro atoms. The van der Waals surface area contributed by atoms with Crippen molar-refractivity contribution in [3.8, 4) is 11.4 Å². The van der Waals surface area contributed by atoms with E-state index in [1.165, 1.54) is 0 Å². The molecule has 6 heteroatoms. The van der Waals surface area contributed by atoms with Crippen molar-refractivity contribution >= 4 is 27.7 Å². The molecule has 1 aromatic carbocycles. The molecular formula is C13H14BrN3OS. The summed E-state index contributed by atoms with van der Waals surface area (Å²) in [7, 11) is 1.98. The first kappa shape index (κ1) is 13.1. The summed E-state index contributed by atoms with van der Waals surface area (Å²) in [5.74, 6) is 3.83. The molecule has 1 N–H and O–H groups in total. The third-order valence-corrected chi connectivity index (χ3v) is 4.98. The minimum absolute atomic E-state index is 0.309. The van der Waals surface area contributed by atoms with Crippen LogP contribution in [-0.4, -0.2) is 34.7 Å². The van der Waals surface area contributed by atoms with Crippen LogP contribution in [-0.2, 0) is 0 Å². The zero-order valence-electron chi connectivity index (χ0n) is 10.5. The number of hydrogen-bond donors (Lipinski definition) is 1. The van der Waals surface area contributed by atoms with E-state index < -0.39 is 0 Å². The molecule has 2 atom stereocenters. The number of likely N-dealkylation sites (N-methyl/N-ethyl adjacent to an activating group) is 1. The number of halogens is 1. The van der Waals surface area contributed by atoms with Gasteiger partial charge in [-0.15, -0.1) is 0 Å². The van der Waals surface area contributed by atoms with Crippen LogP contribution in [0.3, 0.4) is 0 Å². The van der Waals surface area contributed by atoms with E-state index in [0.717, 1.165) is 27.4 Å². The van der Waals surface area contributed by atoms with Gasteiger partial charge in [-0.3, -0.25) is 0 Å². The van der Waals surface area contributed by atoms with E-state index in [-0.39, 0.29) is 0 Å². The van der Waals surface area contributed by atoms with Crippen molar-refractivity contribution in [2.75, 3.05) is 18.6 Å². The standard InChI is InChI=1S/C13H14BrN3OS/c1-15-11-7-19-6-10(11)13-16-12(17-18-13)8-3-2-4-9(14)5-8/h2-5,10-11,15H,6-7H2,1H3. The van der Waals surface area contributed by atoms with E-state index in [1.54, 1.807) is 0 Å².